The normalized spacial score (nSPS) is 14.5. The molecule has 0 spiro atoms. The van der Waals surface area contributed by atoms with Crippen molar-refractivity contribution >= 4 is 48.4 Å². The van der Waals surface area contributed by atoms with Gasteiger partial charge in [0.25, 0.3) is 0 Å². The Morgan fingerprint density at radius 3 is 2.42 bits per heavy atom. The zero-order valence-corrected chi connectivity index (χ0v) is 16.3. The first-order valence-corrected chi connectivity index (χ1v) is 9.77. The smallest absolute Gasteiger partial charge is 0.409 e. The number of carbonyl (C=O) groups excluding carboxylic acids is 1. The fourth-order valence-corrected chi connectivity index (χ4v) is 3.74. The highest BCUT2D eigenvalue weighted by Gasteiger charge is 2.28. The lowest BCUT2D eigenvalue weighted by atomic mass is 10.1. The Balaban J connectivity index is 0.00000288. The van der Waals surface area contributed by atoms with Crippen molar-refractivity contribution in [3.8, 4) is 5.75 Å². The predicted octanol–water partition coefficient (Wildman–Crippen LogP) is 4.61. The lowest BCUT2D eigenvalue weighted by Gasteiger charge is -2.19. The molecule has 0 bridgehead atoms. The molecule has 0 aromatic heterocycles. The average molecular weight is 390 g/mol. The summed E-state index contributed by atoms with van der Waals surface area (Å²) >= 11 is 5.96. The standard InChI is InChI=1S/C16H19ClNO4P.H2S/c1-11(2)21-16(19)12(3)18-23(17,20)22-15-10-6-8-13-7-4-5-9-14(13)15;/h4-12H,1-3H3,(H,18,20);1H2/t12-,23?;/m0./s1. The van der Waals surface area contributed by atoms with E-state index in [1.807, 2.05) is 30.3 Å². The molecular weight excluding hydrogens is 369 g/mol. The van der Waals surface area contributed by atoms with Gasteiger partial charge in [-0.25, -0.2) is 9.65 Å². The van der Waals surface area contributed by atoms with Gasteiger partial charge in [-0.15, -0.1) is 0 Å². The van der Waals surface area contributed by atoms with Gasteiger partial charge in [-0.3, -0.25) is 4.79 Å². The number of hydrogen-bond acceptors (Lipinski definition) is 4. The molecule has 24 heavy (non-hydrogen) atoms. The second-order valence-corrected chi connectivity index (χ2v) is 8.12. The highest BCUT2D eigenvalue weighted by atomic mass is 35.7. The molecule has 0 aliphatic heterocycles. The average Bonchev–Trinajstić information content (AvgIpc) is 2.46. The molecule has 0 saturated heterocycles. The Kier molecular flexibility index (Phi) is 7.61. The third-order valence-corrected chi connectivity index (χ3v) is 4.65. The molecule has 2 rings (SSSR count). The number of fused-ring (bicyclic) bond motifs is 1. The van der Waals surface area contributed by atoms with E-state index in [9.17, 15) is 9.36 Å². The van der Waals surface area contributed by atoms with Crippen molar-refractivity contribution in [2.24, 2.45) is 0 Å². The third kappa shape index (κ3) is 5.71. The van der Waals surface area contributed by atoms with Crippen molar-refractivity contribution < 1.29 is 18.6 Å². The number of ether oxygens (including phenoxy) is 1. The van der Waals surface area contributed by atoms with Crippen LogP contribution in [0.25, 0.3) is 10.8 Å². The van der Waals surface area contributed by atoms with Gasteiger partial charge in [-0.1, -0.05) is 36.4 Å². The number of benzene rings is 2. The molecule has 0 heterocycles. The quantitative estimate of drug-likeness (QED) is 0.577. The van der Waals surface area contributed by atoms with Gasteiger partial charge < -0.3 is 9.26 Å². The molecule has 2 atom stereocenters. The van der Waals surface area contributed by atoms with Crippen molar-refractivity contribution in [1.29, 1.82) is 0 Å². The fourth-order valence-electron chi connectivity index (χ4n) is 2.05. The summed E-state index contributed by atoms with van der Waals surface area (Å²) in [7, 11) is 0. The number of esters is 1. The van der Waals surface area contributed by atoms with Crippen LogP contribution in [0.4, 0.5) is 0 Å². The topological polar surface area (TPSA) is 64.6 Å². The van der Waals surface area contributed by atoms with E-state index in [0.717, 1.165) is 10.8 Å². The summed E-state index contributed by atoms with van der Waals surface area (Å²) in [6.07, 6.45) is -0.263. The minimum atomic E-state index is -3.75. The van der Waals surface area contributed by atoms with Crippen LogP contribution < -0.4 is 9.61 Å². The molecule has 0 amide bonds. The van der Waals surface area contributed by atoms with Crippen molar-refractivity contribution in [1.82, 2.24) is 5.09 Å². The molecule has 8 heteroatoms. The zero-order valence-electron chi connectivity index (χ0n) is 13.7. The van der Waals surface area contributed by atoms with Crippen LogP contribution in [0.2, 0.25) is 0 Å². The van der Waals surface area contributed by atoms with Crippen LogP contribution in [0.3, 0.4) is 0 Å². The molecule has 0 aliphatic rings. The Labute approximate surface area is 153 Å². The Hall–Kier alpha value is -1.20. The van der Waals surface area contributed by atoms with Gasteiger partial charge in [0, 0.05) is 16.6 Å². The maximum atomic E-state index is 12.5. The Morgan fingerprint density at radius 2 is 1.75 bits per heavy atom. The first kappa shape index (κ1) is 20.8. The predicted molar refractivity (Wildman–Crippen MR) is 102 cm³/mol. The molecule has 1 N–H and O–H groups in total. The SMILES string of the molecule is CC(C)OC(=O)[C@H](C)NP(=O)(Cl)Oc1cccc2ccccc12.S. The molecule has 0 saturated carbocycles. The highest BCUT2D eigenvalue weighted by molar-refractivity contribution is 7.84. The van der Waals surface area contributed by atoms with Gasteiger partial charge in [0.1, 0.15) is 11.8 Å². The molecule has 0 fully saturated rings. The maximum Gasteiger partial charge on any atom is 0.409 e. The third-order valence-electron chi connectivity index (χ3n) is 3.02. The number of hydrogen-bond donors (Lipinski definition) is 1. The van der Waals surface area contributed by atoms with E-state index in [1.54, 1.807) is 26.0 Å². The summed E-state index contributed by atoms with van der Waals surface area (Å²) in [6.45, 7) is 1.24. The lowest BCUT2D eigenvalue weighted by molar-refractivity contribution is -0.148. The van der Waals surface area contributed by atoms with Gasteiger partial charge in [-0.05, 0) is 32.2 Å². The number of halogens is 1. The molecule has 1 unspecified atom stereocenters. The summed E-state index contributed by atoms with van der Waals surface area (Å²) in [5, 5.41) is 4.22. The summed E-state index contributed by atoms with van der Waals surface area (Å²) in [5.41, 5.74) is 0. The van der Waals surface area contributed by atoms with Crippen molar-refractivity contribution in [2.45, 2.75) is 32.9 Å². The van der Waals surface area contributed by atoms with Crippen LogP contribution in [0, 0.1) is 0 Å². The molecule has 2 aromatic rings. The summed E-state index contributed by atoms with van der Waals surface area (Å²) in [4.78, 5) is 11.8. The van der Waals surface area contributed by atoms with Crippen LogP contribution in [-0.4, -0.2) is 18.1 Å². The molecule has 2 aromatic carbocycles. The number of nitrogens with one attached hydrogen (secondary N) is 1. The lowest BCUT2D eigenvalue weighted by Crippen LogP contribution is -2.34. The summed E-state index contributed by atoms with van der Waals surface area (Å²) in [6, 6.07) is 12.0. The van der Waals surface area contributed by atoms with Gasteiger partial charge in [0.05, 0.1) is 6.10 Å². The van der Waals surface area contributed by atoms with Gasteiger partial charge in [0.2, 0.25) is 0 Å². The van der Waals surface area contributed by atoms with E-state index in [4.69, 9.17) is 20.5 Å². The maximum absolute atomic E-state index is 12.5. The Morgan fingerprint density at radius 1 is 1.12 bits per heavy atom. The molecular formula is C16H21ClNO4PS. The first-order valence-electron chi connectivity index (χ1n) is 7.24. The van der Waals surface area contributed by atoms with E-state index < -0.39 is 18.9 Å². The van der Waals surface area contributed by atoms with Crippen LogP contribution >= 0.6 is 31.6 Å². The van der Waals surface area contributed by atoms with E-state index in [0.29, 0.717) is 5.75 Å². The highest BCUT2D eigenvalue weighted by Crippen LogP contribution is 2.50. The zero-order chi connectivity index (χ0) is 17.0. The second kappa shape index (κ2) is 8.77. The first-order chi connectivity index (χ1) is 10.8. The minimum absolute atomic E-state index is 0. The van der Waals surface area contributed by atoms with Crippen molar-refractivity contribution in [3.63, 3.8) is 0 Å². The van der Waals surface area contributed by atoms with Crippen LogP contribution in [0.1, 0.15) is 20.8 Å². The van der Waals surface area contributed by atoms with Gasteiger partial charge in [0.15, 0.2) is 0 Å². The number of carbonyl (C=O) groups is 1. The Bertz CT molecular complexity index is 750. The summed E-state index contributed by atoms with van der Waals surface area (Å²) in [5.74, 6) is -0.152. The monoisotopic (exact) mass is 389 g/mol. The van der Waals surface area contributed by atoms with Crippen LogP contribution in [0.15, 0.2) is 42.5 Å². The van der Waals surface area contributed by atoms with E-state index >= 15 is 0 Å². The van der Waals surface area contributed by atoms with Crippen LogP contribution in [0.5, 0.6) is 5.75 Å². The van der Waals surface area contributed by atoms with E-state index in [2.05, 4.69) is 5.09 Å². The van der Waals surface area contributed by atoms with Gasteiger partial charge in [-0.2, -0.15) is 13.5 Å². The largest absolute Gasteiger partial charge is 0.462 e. The number of rotatable bonds is 6. The van der Waals surface area contributed by atoms with E-state index in [1.165, 1.54) is 6.92 Å². The van der Waals surface area contributed by atoms with Crippen LogP contribution in [-0.2, 0) is 14.1 Å². The molecule has 0 aliphatic carbocycles. The van der Waals surface area contributed by atoms with E-state index in [-0.39, 0.29) is 19.6 Å². The van der Waals surface area contributed by atoms with Crippen molar-refractivity contribution in [2.75, 3.05) is 0 Å². The minimum Gasteiger partial charge on any atom is -0.462 e. The van der Waals surface area contributed by atoms with Gasteiger partial charge >= 0.3 is 12.8 Å². The second-order valence-electron chi connectivity index (χ2n) is 5.38. The molecule has 0 radical (unpaired) electrons. The molecule has 132 valence electrons. The molecule has 5 nitrogen and oxygen atoms in total. The van der Waals surface area contributed by atoms with Crippen molar-refractivity contribution in [3.05, 3.63) is 42.5 Å². The fraction of sp³-hybridized carbons (Fsp3) is 0.312. The summed E-state index contributed by atoms with van der Waals surface area (Å²) < 4.78 is 22.9.